The lowest BCUT2D eigenvalue weighted by Crippen LogP contribution is -2.23. The summed E-state index contributed by atoms with van der Waals surface area (Å²) in [7, 11) is 0. The Morgan fingerprint density at radius 2 is 1.71 bits per heavy atom. The van der Waals surface area contributed by atoms with Crippen LogP contribution in [0.3, 0.4) is 0 Å². The highest BCUT2D eigenvalue weighted by atomic mass is 15.3. The highest BCUT2D eigenvalue weighted by Gasteiger charge is 2.21. The van der Waals surface area contributed by atoms with Crippen molar-refractivity contribution in [2.45, 2.75) is 6.92 Å². The van der Waals surface area contributed by atoms with Crippen LogP contribution < -0.4 is 10.2 Å². The summed E-state index contributed by atoms with van der Waals surface area (Å²) in [5.74, 6) is 6.17. The number of hydrogen-bond acceptors (Lipinski definition) is 1. The Kier molecular flexibility index (Phi) is 2.11. The van der Waals surface area contributed by atoms with Gasteiger partial charge < -0.3 is 0 Å². The molecule has 3 rings (SSSR count). The van der Waals surface area contributed by atoms with Crippen LogP contribution >= 0.6 is 0 Å². The van der Waals surface area contributed by atoms with Crippen molar-refractivity contribution in [1.29, 1.82) is 0 Å². The largest absolute Gasteiger partial charge is 0.310 e. The summed E-state index contributed by atoms with van der Waals surface area (Å²) in [5, 5.41) is 0. The van der Waals surface area contributed by atoms with Crippen molar-refractivity contribution in [2.75, 3.05) is 5.84 Å². The minimum absolute atomic E-state index is 0.990. The summed E-state index contributed by atoms with van der Waals surface area (Å²) >= 11 is 0. The van der Waals surface area contributed by atoms with Gasteiger partial charge in [0.25, 0.3) is 0 Å². The Morgan fingerprint density at radius 3 is 2.41 bits per heavy atom. The number of rotatable bonds is 1. The van der Waals surface area contributed by atoms with Gasteiger partial charge in [0.15, 0.2) is 5.69 Å². The van der Waals surface area contributed by atoms with Gasteiger partial charge in [0.2, 0.25) is 5.69 Å². The molecule has 3 heteroatoms. The smallest absolute Gasteiger partial charge is 0.268 e. The van der Waals surface area contributed by atoms with Gasteiger partial charge >= 0.3 is 5.65 Å². The van der Waals surface area contributed by atoms with Crippen LogP contribution in [0.2, 0.25) is 0 Å². The molecule has 0 aliphatic carbocycles. The standard InChI is InChI=1S/C14H14N3/c1-11-14(12-7-3-2-4-8-12)17(15)13-9-5-6-10-16(11)13/h2-10H,15H2,1H3/q+1. The monoisotopic (exact) mass is 224 g/mol. The molecule has 0 aliphatic rings. The predicted molar refractivity (Wildman–Crippen MR) is 67.9 cm³/mol. The lowest BCUT2D eigenvalue weighted by molar-refractivity contribution is -0.517. The van der Waals surface area contributed by atoms with Gasteiger partial charge in [-0.05, 0) is 6.07 Å². The van der Waals surface area contributed by atoms with Gasteiger partial charge in [-0.15, -0.1) is 4.68 Å². The van der Waals surface area contributed by atoms with Crippen molar-refractivity contribution in [3.63, 3.8) is 0 Å². The molecule has 0 fully saturated rings. The quantitative estimate of drug-likeness (QED) is 0.497. The third-order valence-corrected chi connectivity index (χ3v) is 3.08. The molecule has 0 radical (unpaired) electrons. The van der Waals surface area contributed by atoms with E-state index in [0.717, 1.165) is 22.6 Å². The highest BCUT2D eigenvalue weighted by molar-refractivity contribution is 5.64. The van der Waals surface area contributed by atoms with Gasteiger partial charge in [-0.3, -0.25) is 5.84 Å². The highest BCUT2D eigenvalue weighted by Crippen LogP contribution is 2.21. The zero-order valence-electron chi connectivity index (χ0n) is 9.67. The van der Waals surface area contributed by atoms with E-state index >= 15 is 0 Å². The van der Waals surface area contributed by atoms with Crippen LogP contribution in [0.4, 0.5) is 0 Å². The zero-order chi connectivity index (χ0) is 11.8. The molecule has 2 aromatic heterocycles. The predicted octanol–water partition coefficient (Wildman–Crippen LogP) is 1.92. The fraction of sp³-hybridized carbons (Fsp3) is 0.0714. The maximum Gasteiger partial charge on any atom is 0.310 e. The molecule has 0 aliphatic heterocycles. The summed E-state index contributed by atoms with van der Waals surface area (Å²) in [5.41, 5.74) is 4.33. The van der Waals surface area contributed by atoms with E-state index in [2.05, 4.69) is 23.5 Å². The minimum Gasteiger partial charge on any atom is -0.268 e. The van der Waals surface area contributed by atoms with Crippen LogP contribution in [0.15, 0.2) is 54.7 Å². The molecular formula is C14H14N3+. The summed E-state index contributed by atoms with van der Waals surface area (Å²) in [6.07, 6.45) is 2.03. The molecule has 0 saturated carbocycles. The first kappa shape index (κ1) is 9.90. The number of nitrogen functional groups attached to an aromatic ring is 1. The molecule has 0 unspecified atom stereocenters. The van der Waals surface area contributed by atoms with E-state index in [4.69, 9.17) is 5.84 Å². The number of hydrogen-bond donors (Lipinski definition) is 1. The third kappa shape index (κ3) is 1.40. The van der Waals surface area contributed by atoms with Crippen LogP contribution in [-0.2, 0) is 0 Å². The van der Waals surface area contributed by atoms with Crippen molar-refractivity contribution in [1.82, 2.24) is 4.68 Å². The lowest BCUT2D eigenvalue weighted by Gasteiger charge is -1.96. The fourth-order valence-electron chi connectivity index (χ4n) is 2.26. The van der Waals surface area contributed by atoms with Gasteiger partial charge in [0.05, 0.1) is 6.20 Å². The molecule has 3 nitrogen and oxygen atoms in total. The van der Waals surface area contributed by atoms with Gasteiger partial charge in [0.1, 0.15) is 0 Å². The summed E-state index contributed by atoms with van der Waals surface area (Å²) < 4.78 is 3.84. The van der Waals surface area contributed by atoms with E-state index in [1.165, 1.54) is 0 Å². The van der Waals surface area contributed by atoms with Crippen molar-refractivity contribution in [2.24, 2.45) is 0 Å². The zero-order valence-corrected chi connectivity index (χ0v) is 9.67. The number of nitrogens with two attached hydrogens (primary N) is 1. The van der Waals surface area contributed by atoms with Gasteiger partial charge in [-0.2, -0.15) is 4.40 Å². The molecule has 3 aromatic rings. The second kappa shape index (κ2) is 3.63. The number of fused-ring (bicyclic) bond motifs is 1. The maximum absolute atomic E-state index is 6.17. The van der Waals surface area contributed by atoms with E-state index in [9.17, 15) is 0 Å². The number of aromatic nitrogens is 2. The Morgan fingerprint density at radius 1 is 1.00 bits per heavy atom. The number of aryl methyl sites for hydroxylation is 1. The Hall–Kier alpha value is -2.29. The van der Waals surface area contributed by atoms with Crippen LogP contribution in [-0.4, -0.2) is 4.68 Å². The molecule has 17 heavy (non-hydrogen) atoms. The molecule has 1 aromatic carbocycles. The van der Waals surface area contributed by atoms with E-state index in [1.54, 1.807) is 4.68 Å². The average molecular weight is 224 g/mol. The van der Waals surface area contributed by atoms with Crippen molar-refractivity contribution in [3.8, 4) is 11.3 Å². The van der Waals surface area contributed by atoms with E-state index in [-0.39, 0.29) is 0 Å². The fourth-order valence-corrected chi connectivity index (χ4v) is 2.26. The first-order valence-corrected chi connectivity index (χ1v) is 5.61. The molecule has 0 saturated heterocycles. The van der Waals surface area contributed by atoms with Gasteiger partial charge in [-0.1, -0.05) is 36.4 Å². The molecular weight excluding hydrogens is 210 g/mol. The van der Waals surface area contributed by atoms with Crippen LogP contribution in [0, 0.1) is 6.92 Å². The topological polar surface area (TPSA) is 35.0 Å². The summed E-state index contributed by atoms with van der Waals surface area (Å²) in [4.78, 5) is 0. The van der Waals surface area contributed by atoms with Crippen LogP contribution in [0.5, 0.6) is 0 Å². The maximum atomic E-state index is 6.17. The second-order valence-electron chi connectivity index (χ2n) is 4.10. The first-order chi connectivity index (χ1) is 8.29. The number of imidazole rings is 1. The number of nitrogens with zero attached hydrogens (tertiary/aromatic N) is 2. The summed E-state index contributed by atoms with van der Waals surface area (Å²) in [6, 6.07) is 16.2. The lowest BCUT2D eigenvalue weighted by atomic mass is 10.1. The molecule has 2 N–H and O–H groups in total. The Labute approximate surface area is 99.7 Å². The molecule has 0 spiro atoms. The molecule has 0 bridgehead atoms. The minimum atomic E-state index is 0.990. The molecule has 2 heterocycles. The van der Waals surface area contributed by atoms with Crippen molar-refractivity contribution >= 4 is 5.65 Å². The van der Waals surface area contributed by atoms with E-state index in [1.807, 2.05) is 42.6 Å². The third-order valence-electron chi connectivity index (χ3n) is 3.08. The number of benzene rings is 1. The number of pyridine rings is 1. The average Bonchev–Trinajstić information content (AvgIpc) is 2.64. The molecule has 0 amide bonds. The van der Waals surface area contributed by atoms with Crippen LogP contribution in [0.1, 0.15) is 5.69 Å². The molecule has 84 valence electrons. The SMILES string of the molecule is Cc1c(-c2ccccc2)n(N)c2cccc[n+]12. The normalized spacial score (nSPS) is 10.9. The van der Waals surface area contributed by atoms with Crippen molar-refractivity contribution < 1.29 is 4.40 Å². The van der Waals surface area contributed by atoms with E-state index < -0.39 is 0 Å². The Bertz CT molecular complexity index is 630. The van der Waals surface area contributed by atoms with E-state index in [0.29, 0.717) is 0 Å². The van der Waals surface area contributed by atoms with Gasteiger partial charge in [-0.25, -0.2) is 0 Å². The van der Waals surface area contributed by atoms with Crippen molar-refractivity contribution in [3.05, 3.63) is 60.4 Å². The first-order valence-electron chi connectivity index (χ1n) is 5.61. The van der Waals surface area contributed by atoms with Crippen LogP contribution in [0.25, 0.3) is 16.9 Å². The second-order valence-corrected chi connectivity index (χ2v) is 4.10. The van der Waals surface area contributed by atoms with Gasteiger partial charge in [0, 0.05) is 18.6 Å². The summed E-state index contributed by atoms with van der Waals surface area (Å²) in [6.45, 7) is 2.08. The Balaban J connectivity index is 2.38. The molecule has 0 atom stereocenters.